The molecule has 1 N–H and O–H groups in total. The van der Waals surface area contributed by atoms with Crippen LogP contribution in [0.4, 0.5) is 4.39 Å². The SMILES string of the molecule is C[Si](C)(C)C#CC(O)COc1ccc(F)cc1. The molecule has 1 aromatic carbocycles. The number of benzene rings is 1. The average molecular weight is 252 g/mol. The Kier molecular flexibility index (Phi) is 4.73. The monoisotopic (exact) mass is 252 g/mol. The predicted molar refractivity (Wildman–Crippen MR) is 69.0 cm³/mol. The van der Waals surface area contributed by atoms with Gasteiger partial charge in [0, 0.05) is 0 Å². The molecule has 0 aliphatic heterocycles. The van der Waals surface area contributed by atoms with Crippen LogP contribution in [-0.2, 0) is 0 Å². The molecule has 0 heterocycles. The first-order valence-corrected chi connectivity index (χ1v) is 8.96. The lowest BCUT2D eigenvalue weighted by molar-refractivity contribution is 0.151. The molecule has 0 saturated carbocycles. The fourth-order valence-corrected chi connectivity index (χ4v) is 1.65. The minimum atomic E-state index is -1.46. The molecule has 4 heteroatoms. The molecule has 0 saturated heterocycles. The van der Waals surface area contributed by atoms with Crippen molar-refractivity contribution in [3.05, 3.63) is 30.1 Å². The van der Waals surface area contributed by atoms with Gasteiger partial charge in [0.25, 0.3) is 0 Å². The molecule has 0 bridgehead atoms. The Bertz CT molecular complexity index is 412. The van der Waals surface area contributed by atoms with Crippen LogP contribution in [0.5, 0.6) is 5.75 Å². The Morgan fingerprint density at radius 1 is 1.29 bits per heavy atom. The summed E-state index contributed by atoms with van der Waals surface area (Å²) in [5.41, 5.74) is 3.07. The second-order valence-electron chi connectivity index (χ2n) is 4.80. The zero-order valence-corrected chi connectivity index (χ0v) is 11.3. The van der Waals surface area contributed by atoms with Crippen LogP contribution in [0.2, 0.25) is 19.6 Å². The quantitative estimate of drug-likeness (QED) is 0.661. The summed E-state index contributed by atoms with van der Waals surface area (Å²) in [6.07, 6.45) is -0.799. The van der Waals surface area contributed by atoms with Gasteiger partial charge in [0.15, 0.2) is 0 Å². The lowest BCUT2D eigenvalue weighted by Gasteiger charge is -2.09. The molecule has 1 aromatic rings. The maximum atomic E-state index is 12.6. The molecular weight excluding hydrogens is 235 g/mol. The molecule has 0 radical (unpaired) electrons. The zero-order chi connectivity index (χ0) is 12.9. The van der Waals surface area contributed by atoms with Gasteiger partial charge in [-0.2, -0.15) is 0 Å². The third-order valence-electron chi connectivity index (χ3n) is 1.84. The molecule has 0 aromatic heterocycles. The molecule has 1 atom stereocenters. The first kappa shape index (κ1) is 13.8. The number of hydrogen-bond donors (Lipinski definition) is 1. The maximum absolute atomic E-state index is 12.6. The van der Waals surface area contributed by atoms with E-state index in [0.717, 1.165) is 0 Å². The van der Waals surface area contributed by atoms with Gasteiger partial charge >= 0.3 is 0 Å². The second kappa shape index (κ2) is 5.85. The van der Waals surface area contributed by atoms with Gasteiger partial charge in [0.1, 0.15) is 32.4 Å². The first-order chi connectivity index (χ1) is 7.87. The highest BCUT2D eigenvalue weighted by molar-refractivity contribution is 6.83. The fourth-order valence-electron chi connectivity index (χ4n) is 1.05. The van der Waals surface area contributed by atoms with Crippen molar-refractivity contribution in [2.45, 2.75) is 25.7 Å². The Labute approximate surface area is 102 Å². The van der Waals surface area contributed by atoms with Gasteiger partial charge in [0.2, 0.25) is 0 Å². The third-order valence-corrected chi connectivity index (χ3v) is 2.73. The van der Waals surface area contributed by atoms with Crippen molar-refractivity contribution >= 4 is 8.07 Å². The van der Waals surface area contributed by atoms with E-state index in [1.165, 1.54) is 24.3 Å². The Balaban J connectivity index is 2.45. The van der Waals surface area contributed by atoms with E-state index in [0.29, 0.717) is 5.75 Å². The smallest absolute Gasteiger partial charge is 0.147 e. The van der Waals surface area contributed by atoms with Crippen LogP contribution in [0.3, 0.4) is 0 Å². The highest BCUT2D eigenvalue weighted by Gasteiger charge is 2.09. The number of ether oxygens (including phenoxy) is 1. The summed E-state index contributed by atoms with van der Waals surface area (Å²) in [5, 5.41) is 9.58. The highest BCUT2D eigenvalue weighted by atomic mass is 28.3. The minimum Gasteiger partial charge on any atom is -0.490 e. The van der Waals surface area contributed by atoms with Crippen LogP contribution in [0, 0.1) is 17.3 Å². The summed E-state index contributed by atoms with van der Waals surface area (Å²) >= 11 is 0. The van der Waals surface area contributed by atoms with Gasteiger partial charge in [-0.25, -0.2) is 4.39 Å². The Morgan fingerprint density at radius 2 is 1.88 bits per heavy atom. The molecule has 0 aliphatic rings. The van der Waals surface area contributed by atoms with Crippen molar-refractivity contribution in [1.29, 1.82) is 0 Å². The normalized spacial score (nSPS) is 12.5. The topological polar surface area (TPSA) is 29.5 Å². The van der Waals surface area contributed by atoms with Crippen LogP contribution in [0.1, 0.15) is 0 Å². The summed E-state index contributed by atoms with van der Waals surface area (Å²) in [4.78, 5) is 0. The Hall–Kier alpha value is -1.31. The Morgan fingerprint density at radius 3 is 2.41 bits per heavy atom. The standard InChI is InChI=1S/C13H17FO2Si/c1-17(2,3)9-8-12(15)10-16-13-6-4-11(14)5-7-13/h4-7,12,15H,10H2,1-3H3. The lowest BCUT2D eigenvalue weighted by Crippen LogP contribution is -2.20. The molecule has 1 rings (SSSR count). The largest absolute Gasteiger partial charge is 0.490 e. The van der Waals surface area contributed by atoms with Crippen LogP contribution in [-0.4, -0.2) is 25.9 Å². The van der Waals surface area contributed by atoms with Gasteiger partial charge in [-0.15, -0.1) is 5.54 Å². The molecular formula is C13H17FO2Si. The predicted octanol–water partition coefficient (Wildman–Crippen LogP) is 2.45. The second-order valence-corrected chi connectivity index (χ2v) is 9.55. The summed E-state index contributed by atoms with van der Waals surface area (Å²) in [6.45, 7) is 6.41. The molecule has 17 heavy (non-hydrogen) atoms. The van der Waals surface area contributed by atoms with E-state index in [9.17, 15) is 9.50 Å². The highest BCUT2D eigenvalue weighted by Crippen LogP contribution is 2.11. The number of hydrogen-bond acceptors (Lipinski definition) is 2. The van der Waals surface area contributed by atoms with E-state index in [4.69, 9.17) is 4.74 Å². The minimum absolute atomic E-state index is 0.100. The van der Waals surface area contributed by atoms with Gasteiger partial charge in [-0.1, -0.05) is 25.6 Å². The maximum Gasteiger partial charge on any atom is 0.147 e. The van der Waals surface area contributed by atoms with Gasteiger partial charge < -0.3 is 9.84 Å². The fraction of sp³-hybridized carbons (Fsp3) is 0.385. The van der Waals surface area contributed by atoms with E-state index in [1.807, 2.05) is 0 Å². The summed E-state index contributed by atoms with van der Waals surface area (Å²) < 4.78 is 17.9. The zero-order valence-electron chi connectivity index (χ0n) is 10.3. The number of aliphatic hydroxyl groups is 1. The van der Waals surface area contributed by atoms with Gasteiger partial charge in [-0.05, 0) is 24.3 Å². The number of halogens is 1. The third kappa shape index (κ3) is 6.10. The molecule has 0 aliphatic carbocycles. The average Bonchev–Trinajstić information content (AvgIpc) is 2.25. The van der Waals surface area contributed by atoms with E-state index in [-0.39, 0.29) is 12.4 Å². The molecule has 92 valence electrons. The number of aliphatic hydroxyl groups excluding tert-OH is 1. The van der Waals surface area contributed by atoms with E-state index >= 15 is 0 Å². The van der Waals surface area contributed by atoms with Gasteiger partial charge in [-0.3, -0.25) is 0 Å². The molecule has 0 amide bonds. The molecule has 1 unspecified atom stereocenters. The van der Waals surface area contributed by atoms with Crippen molar-refractivity contribution in [3.8, 4) is 17.2 Å². The van der Waals surface area contributed by atoms with E-state index in [1.54, 1.807) is 0 Å². The molecule has 0 fully saturated rings. The van der Waals surface area contributed by atoms with Crippen LogP contribution < -0.4 is 4.74 Å². The van der Waals surface area contributed by atoms with Crippen molar-refractivity contribution in [2.75, 3.05) is 6.61 Å². The summed E-state index contributed by atoms with van der Waals surface area (Å²) in [5.74, 6) is 2.99. The van der Waals surface area contributed by atoms with Crippen LogP contribution in [0.15, 0.2) is 24.3 Å². The van der Waals surface area contributed by atoms with Crippen molar-refractivity contribution in [3.63, 3.8) is 0 Å². The van der Waals surface area contributed by atoms with E-state index < -0.39 is 14.2 Å². The lowest BCUT2D eigenvalue weighted by atomic mass is 10.3. The van der Waals surface area contributed by atoms with Crippen LogP contribution >= 0.6 is 0 Å². The van der Waals surface area contributed by atoms with Crippen molar-refractivity contribution in [1.82, 2.24) is 0 Å². The van der Waals surface area contributed by atoms with Gasteiger partial charge in [0.05, 0.1) is 0 Å². The van der Waals surface area contributed by atoms with Crippen LogP contribution in [0.25, 0.3) is 0 Å². The number of rotatable bonds is 3. The summed E-state index contributed by atoms with van der Waals surface area (Å²) in [6, 6.07) is 5.67. The first-order valence-electron chi connectivity index (χ1n) is 5.46. The molecule has 0 spiro atoms. The summed E-state index contributed by atoms with van der Waals surface area (Å²) in [7, 11) is -1.46. The van der Waals surface area contributed by atoms with Crippen molar-refractivity contribution in [2.24, 2.45) is 0 Å². The molecule has 2 nitrogen and oxygen atoms in total. The van der Waals surface area contributed by atoms with Crippen molar-refractivity contribution < 1.29 is 14.2 Å². The van der Waals surface area contributed by atoms with E-state index in [2.05, 4.69) is 31.1 Å².